The number of carbonyl (C=O) groups excluding carboxylic acids is 2. The molecular formula is C14H12O5. The zero-order valence-electron chi connectivity index (χ0n) is 10.5. The molecule has 0 aliphatic heterocycles. The fourth-order valence-electron chi connectivity index (χ4n) is 1.52. The van der Waals surface area contributed by atoms with E-state index in [9.17, 15) is 9.59 Å². The zero-order valence-corrected chi connectivity index (χ0v) is 10.5. The van der Waals surface area contributed by atoms with Gasteiger partial charge in [0.15, 0.2) is 5.76 Å². The predicted molar refractivity (Wildman–Crippen MR) is 66.9 cm³/mol. The van der Waals surface area contributed by atoms with Crippen molar-refractivity contribution in [3.05, 3.63) is 53.4 Å². The number of ether oxygens (including phenoxy) is 1. The van der Waals surface area contributed by atoms with Crippen LogP contribution in [0.25, 0.3) is 6.08 Å². The van der Waals surface area contributed by atoms with Crippen LogP contribution in [0.3, 0.4) is 0 Å². The van der Waals surface area contributed by atoms with Crippen LogP contribution in [0.15, 0.2) is 39.4 Å². The van der Waals surface area contributed by atoms with Crippen LogP contribution in [0, 0.1) is 6.92 Å². The number of esters is 1. The number of allylic oxidation sites excluding steroid dienone is 1. The summed E-state index contributed by atoms with van der Waals surface area (Å²) in [5, 5.41) is 0. The Labute approximate surface area is 109 Å². The molecule has 0 atom stereocenters. The maximum Gasteiger partial charge on any atom is 0.374 e. The van der Waals surface area contributed by atoms with Crippen molar-refractivity contribution in [1.82, 2.24) is 0 Å². The minimum Gasteiger partial charge on any atom is -0.463 e. The minimum atomic E-state index is -0.592. The van der Waals surface area contributed by atoms with Gasteiger partial charge >= 0.3 is 5.97 Å². The smallest absolute Gasteiger partial charge is 0.374 e. The lowest BCUT2D eigenvalue weighted by Crippen LogP contribution is -2.01. The second-order valence-electron chi connectivity index (χ2n) is 3.80. The number of hydrogen-bond acceptors (Lipinski definition) is 5. The van der Waals surface area contributed by atoms with E-state index in [1.54, 1.807) is 25.1 Å². The zero-order chi connectivity index (χ0) is 13.8. The summed E-state index contributed by atoms with van der Waals surface area (Å²) >= 11 is 0. The first-order valence-corrected chi connectivity index (χ1v) is 5.56. The average Bonchev–Trinajstić information content (AvgIpc) is 3.03. The van der Waals surface area contributed by atoms with Gasteiger partial charge < -0.3 is 13.6 Å². The average molecular weight is 260 g/mol. The van der Waals surface area contributed by atoms with Crippen LogP contribution in [-0.4, -0.2) is 18.9 Å². The normalized spacial score (nSPS) is 10.8. The fraction of sp³-hybridized carbons (Fsp3) is 0.143. The number of aryl methyl sites for hydroxylation is 1. The van der Waals surface area contributed by atoms with Crippen LogP contribution in [0.1, 0.15) is 32.4 Å². The van der Waals surface area contributed by atoms with Gasteiger partial charge in [0.25, 0.3) is 0 Å². The third-order valence-corrected chi connectivity index (χ3v) is 2.46. The van der Waals surface area contributed by atoms with E-state index in [1.807, 2.05) is 0 Å². The Morgan fingerprint density at radius 2 is 2.05 bits per heavy atom. The topological polar surface area (TPSA) is 69.7 Å². The van der Waals surface area contributed by atoms with E-state index in [1.165, 1.54) is 25.5 Å². The second kappa shape index (κ2) is 5.39. The third-order valence-electron chi connectivity index (χ3n) is 2.46. The number of methoxy groups -OCH3 is 1. The molecule has 19 heavy (non-hydrogen) atoms. The Balaban J connectivity index is 2.17. The molecule has 2 rings (SSSR count). The van der Waals surface area contributed by atoms with Crippen LogP contribution in [0.2, 0.25) is 0 Å². The van der Waals surface area contributed by atoms with Gasteiger partial charge in [0.05, 0.1) is 13.4 Å². The number of furan rings is 2. The van der Waals surface area contributed by atoms with Gasteiger partial charge in [-0.2, -0.15) is 0 Å². The number of ketones is 1. The van der Waals surface area contributed by atoms with Crippen molar-refractivity contribution in [2.24, 2.45) is 0 Å². The maximum atomic E-state index is 11.8. The third kappa shape index (κ3) is 2.82. The SMILES string of the molecule is COC(=O)c1occc1/C=C/C(=O)c1ccc(C)o1. The van der Waals surface area contributed by atoms with E-state index in [4.69, 9.17) is 8.83 Å². The molecule has 2 aromatic heterocycles. The standard InChI is InChI=1S/C14H12O5/c1-9-3-6-12(19-9)11(15)5-4-10-7-8-18-13(10)14(16)17-2/h3-8H,1-2H3/b5-4+. The van der Waals surface area contributed by atoms with E-state index in [0.29, 0.717) is 11.3 Å². The van der Waals surface area contributed by atoms with Crippen LogP contribution >= 0.6 is 0 Å². The Morgan fingerprint density at radius 3 is 2.68 bits per heavy atom. The monoisotopic (exact) mass is 260 g/mol. The van der Waals surface area contributed by atoms with E-state index in [2.05, 4.69) is 4.74 Å². The van der Waals surface area contributed by atoms with Crippen molar-refractivity contribution in [1.29, 1.82) is 0 Å². The van der Waals surface area contributed by atoms with Gasteiger partial charge in [-0.15, -0.1) is 0 Å². The Hall–Kier alpha value is -2.56. The summed E-state index contributed by atoms with van der Waals surface area (Å²) in [6.45, 7) is 1.76. The van der Waals surface area contributed by atoms with Crippen molar-refractivity contribution in [2.45, 2.75) is 6.92 Å². The summed E-state index contributed by atoms with van der Waals surface area (Å²) in [5.74, 6) is 0.0883. The molecule has 0 amide bonds. The second-order valence-corrected chi connectivity index (χ2v) is 3.80. The summed E-state index contributed by atoms with van der Waals surface area (Å²) in [4.78, 5) is 23.1. The minimum absolute atomic E-state index is 0.0576. The largest absolute Gasteiger partial charge is 0.463 e. The lowest BCUT2D eigenvalue weighted by atomic mass is 10.2. The highest BCUT2D eigenvalue weighted by Gasteiger charge is 2.14. The summed E-state index contributed by atoms with van der Waals surface area (Å²) < 4.78 is 14.8. The maximum absolute atomic E-state index is 11.8. The van der Waals surface area contributed by atoms with Gasteiger partial charge in [0.2, 0.25) is 11.5 Å². The Kier molecular flexibility index (Phi) is 3.66. The molecule has 2 heterocycles. The van der Waals surface area contributed by atoms with Gasteiger partial charge in [-0.25, -0.2) is 4.79 Å². The van der Waals surface area contributed by atoms with E-state index >= 15 is 0 Å². The van der Waals surface area contributed by atoms with Crippen LogP contribution in [0.5, 0.6) is 0 Å². The molecule has 0 N–H and O–H groups in total. The van der Waals surface area contributed by atoms with Crippen molar-refractivity contribution in [3.8, 4) is 0 Å². The Bertz CT molecular complexity index is 630. The van der Waals surface area contributed by atoms with Crippen molar-refractivity contribution < 1.29 is 23.2 Å². The molecule has 0 aliphatic carbocycles. The first-order valence-electron chi connectivity index (χ1n) is 5.56. The van der Waals surface area contributed by atoms with Crippen molar-refractivity contribution in [3.63, 3.8) is 0 Å². The van der Waals surface area contributed by atoms with Crippen LogP contribution < -0.4 is 0 Å². The highest BCUT2D eigenvalue weighted by Crippen LogP contribution is 2.15. The molecule has 0 aliphatic rings. The molecule has 0 radical (unpaired) electrons. The van der Waals surface area contributed by atoms with Gasteiger partial charge in [-0.1, -0.05) is 0 Å². The fourth-order valence-corrected chi connectivity index (χ4v) is 1.52. The molecule has 0 saturated heterocycles. The molecule has 0 aromatic carbocycles. The van der Waals surface area contributed by atoms with E-state index in [0.717, 1.165) is 0 Å². The number of hydrogen-bond donors (Lipinski definition) is 0. The first-order chi connectivity index (χ1) is 9.11. The van der Waals surface area contributed by atoms with Crippen molar-refractivity contribution in [2.75, 3.05) is 7.11 Å². The van der Waals surface area contributed by atoms with Gasteiger partial charge in [-0.05, 0) is 37.3 Å². The summed E-state index contributed by atoms with van der Waals surface area (Å²) in [7, 11) is 1.26. The number of rotatable bonds is 4. The highest BCUT2D eigenvalue weighted by atomic mass is 16.5. The summed E-state index contributed by atoms with van der Waals surface area (Å²) in [5.41, 5.74) is 0.475. The quantitative estimate of drug-likeness (QED) is 0.480. The number of carbonyl (C=O) groups is 2. The predicted octanol–water partition coefficient (Wildman–Crippen LogP) is 2.86. The van der Waals surface area contributed by atoms with Crippen LogP contribution in [-0.2, 0) is 4.74 Å². The van der Waals surface area contributed by atoms with Gasteiger partial charge in [0.1, 0.15) is 5.76 Å². The molecular weight excluding hydrogens is 248 g/mol. The van der Waals surface area contributed by atoms with Crippen molar-refractivity contribution >= 4 is 17.8 Å². The molecule has 0 spiro atoms. The van der Waals surface area contributed by atoms with Gasteiger partial charge in [-0.3, -0.25) is 4.79 Å². The molecule has 2 aromatic rings. The van der Waals surface area contributed by atoms with Gasteiger partial charge in [0, 0.05) is 5.56 Å². The van der Waals surface area contributed by atoms with E-state index < -0.39 is 5.97 Å². The lowest BCUT2D eigenvalue weighted by Gasteiger charge is -1.95. The lowest BCUT2D eigenvalue weighted by molar-refractivity contribution is 0.0564. The molecule has 5 nitrogen and oxygen atoms in total. The molecule has 5 heteroatoms. The molecule has 98 valence electrons. The summed E-state index contributed by atoms with van der Waals surface area (Å²) in [6, 6.07) is 4.88. The van der Waals surface area contributed by atoms with Crippen LogP contribution in [0.4, 0.5) is 0 Å². The molecule has 0 saturated carbocycles. The van der Waals surface area contributed by atoms with E-state index in [-0.39, 0.29) is 17.3 Å². The molecule has 0 fully saturated rings. The molecule has 0 unspecified atom stereocenters. The first kappa shape index (κ1) is 12.9. The molecule has 0 bridgehead atoms. The Morgan fingerprint density at radius 1 is 1.26 bits per heavy atom. The summed E-state index contributed by atoms with van der Waals surface area (Å²) in [6.07, 6.45) is 4.15. The highest BCUT2D eigenvalue weighted by molar-refractivity contribution is 6.05.